The molecule has 8 heteroatoms. The summed E-state index contributed by atoms with van der Waals surface area (Å²) in [7, 11) is 0. The molecular formula is C34H50O8. The highest BCUT2D eigenvalue weighted by Crippen LogP contribution is 2.28. The van der Waals surface area contributed by atoms with Crippen molar-refractivity contribution in [2.45, 2.75) is 91.3 Å². The number of hydrogen-bond acceptors (Lipinski definition) is 8. The largest absolute Gasteiger partial charge is 0.463 e. The molecule has 234 valence electrons. The van der Waals surface area contributed by atoms with Gasteiger partial charge in [0.25, 0.3) is 0 Å². The van der Waals surface area contributed by atoms with Crippen LogP contribution in [0.3, 0.4) is 0 Å². The predicted octanol–water partition coefficient (Wildman–Crippen LogP) is 4.95. The molecule has 0 fully saturated rings. The number of carbonyl (C=O) groups is 2. The molecular weight excluding hydrogens is 536 g/mol. The summed E-state index contributed by atoms with van der Waals surface area (Å²) >= 11 is 0. The molecule has 0 saturated heterocycles. The lowest BCUT2D eigenvalue weighted by Crippen LogP contribution is -2.16. The van der Waals surface area contributed by atoms with E-state index in [1.165, 1.54) is 0 Å². The second-order valence-corrected chi connectivity index (χ2v) is 12.5. The van der Waals surface area contributed by atoms with E-state index in [1.807, 2.05) is 24.3 Å². The first kappa shape index (κ1) is 35.4. The lowest BCUT2D eigenvalue weighted by molar-refractivity contribution is -0.146. The topological polar surface area (TPSA) is 112 Å². The Balaban J connectivity index is 1.51. The Morgan fingerprint density at radius 1 is 0.595 bits per heavy atom. The zero-order valence-corrected chi connectivity index (χ0v) is 26.3. The highest BCUT2D eigenvalue weighted by Gasteiger charge is 2.19. The van der Waals surface area contributed by atoms with Crippen molar-refractivity contribution in [2.24, 2.45) is 0 Å². The fraction of sp³-hybridized carbons (Fsp3) is 0.588. The Morgan fingerprint density at radius 3 is 1.29 bits per heavy atom. The Morgan fingerprint density at radius 2 is 0.952 bits per heavy atom. The van der Waals surface area contributed by atoms with Gasteiger partial charge in [0.05, 0.1) is 39.6 Å². The molecule has 0 amide bonds. The van der Waals surface area contributed by atoms with E-state index in [1.54, 1.807) is 0 Å². The van der Waals surface area contributed by atoms with Gasteiger partial charge >= 0.3 is 11.9 Å². The van der Waals surface area contributed by atoms with E-state index in [0.717, 1.165) is 33.4 Å². The molecule has 0 heterocycles. The summed E-state index contributed by atoms with van der Waals surface area (Å²) in [5.74, 6) is -0.561. The molecule has 0 saturated carbocycles. The second-order valence-electron chi connectivity index (χ2n) is 12.5. The van der Waals surface area contributed by atoms with Gasteiger partial charge in [-0.2, -0.15) is 0 Å². The molecule has 0 unspecified atom stereocenters. The fourth-order valence-corrected chi connectivity index (χ4v) is 4.62. The maximum absolute atomic E-state index is 12.1. The summed E-state index contributed by atoms with van der Waals surface area (Å²) in [6.07, 6.45) is 1.70. The number of rotatable bonds is 17. The van der Waals surface area contributed by atoms with Crippen molar-refractivity contribution in [3.8, 4) is 0 Å². The van der Waals surface area contributed by atoms with Gasteiger partial charge in [-0.1, -0.05) is 77.9 Å². The van der Waals surface area contributed by atoms with Crippen molar-refractivity contribution in [1.82, 2.24) is 0 Å². The first-order chi connectivity index (χ1) is 19.8. The average Bonchev–Trinajstić information content (AvgIpc) is 2.94. The predicted molar refractivity (Wildman–Crippen MR) is 162 cm³/mol. The summed E-state index contributed by atoms with van der Waals surface area (Å²) in [6.45, 7) is 14.2. The van der Waals surface area contributed by atoms with Crippen molar-refractivity contribution in [3.63, 3.8) is 0 Å². The van der Waals surface area contributed by atoms with Gasteiger partial charge in [0.1, 0.15) is 13.2 Å². The van der Waals surface area contributed by atoms with Gasteiger partial charge in [-0.05, 0) is 57.1 Å². The highest BCUT2D eigenvalue weighted by molar-refractivity contribution is 5.70. The molecule has 0 aromatic heterocycles. The molecule has 2 aromatic carbocycles. The third-order valence-electron chi connectivity index (χ3n) is 6.89. The van der Waals surface area contributed by atoms with Crippen LogP contribution in [0.5, 0.6) is 0 Å². The summed E-state index contributed by atoms with van der Waals surface area (Å²) in [6, 6.07) is 11.9. The monoisotopic (exact) mass is 586 g/mol. The SMILES string of the molecule is CC(C)(C)c1cc(CCC(=O)OCCOCCOCCOC(=O)CCc2ccc(CO)c(C(C)(C)C)c2)ccc1CO. The van der Waals surface area contributed by atoms with Crippen LogP contribution in [-0.4, -0.2) is 61.8 Å². The normalized spacial score (nSPS) is 11.9. The number of benzene rings is 2. The zero-order chi connectivity index (χ0) is 31.2. The van der Waals surface area contributed by atoms with Crippen molar-refractivity contribution >= 4 is 11.9 Å². The molecule has 0 radical (unpaired) electrons. The summed E-state index contributed by atoms with van der Waals surface area (Å²) in [5.41, 5.74) is 5.88. The molecule has 0 aliphatic carbocycles. The van der Waals surface area contributed by atoms with Crippen LogP contribution in [-0.2, 0) is 65.4 Å². The standard InChI is InChI=1S/C34H50O8/c1-33(2,3)29-21-25(7-11-27(29)23-35)9-13-31(37)41-19-17-39-15-16-40-18-20-42-32(38)14-10-26-8-12-28(24-36)30(22-26)34(4,5)6/h7-8,11-12,21-22,35-36H,9-10,13-20,23-24H2,1-6H3. The lowest BCUT2D eigenvalue weighted by Gasteiger charge is -2.23. The van der Waals surface area contributed by atoms with Crippen molar-refractivity contribution in [1.29, 1.82) is 0 Å². The minimum absolute atomic E-state index is 0.00429. The van der Waals surface area contributed by atoms with Crippen molar-refractivity contribution in [2.75, 3.05) is 39.6 Å². The third kappa shape index (κ3) is 12.6. The van der Waals surface area contributed by atoms with Crippen LogP contribution in [0, 0.1) is 0 Å². The van der Waals surface area contributed by atoms with Crippen LogP contribution >= 0.6 is 0 Å². The smallest absolute Gasteiger partial charge is 0.306 e. The van der Waals surface area contributed by atoms with Gasteiger partial charge in [0, 0.05) is 12.8 Å². The molecule has 0 spiro atoms. The van der Waals surface area contributed by atoms with Crippen LogP contribution in [0.4, 0.5) is 0 Å². The molecule has 2 N–H and O–H groups in total. The van der Waals surface area contributed by atoms with Crippen LogP contribution in [0.1, 0.15) is 87.8 Å². The van der Waals surface area contributed by atoms with Gasteiger partial charge in [0.2, 0.25) is 0 Å². The first-order valence-electron chi connectivity index (χ1n) is 14.8. The van der Waals surface area contributed by atoms with E-state index >= 15 is 0 Å². The maximum atomic E-state index is 12.1. The number of hydrogen-bond donors (Lipinski definition) is 2. The number of aryl methyl sites for hydroxylation is 2. The van der Waals surface area contributed by atoms with Gasteiger partial charge in [-0.15, -0.1) is 0 Å². The van der Waals surface area contributed by atoms with Crippen LogP contribution in [0.2, 0.25) is 0 Å². The molecule has 0 atom stereocenters. The second kappa shape index (κ2) is 17.4. The minimum atomic E-state index is -0.281. The fourth-order valence-electron chi connectivity index (χ4n) is 4.62. The average molecular weight is 587 g/mol. The highest BCUT2D eigenvalue weighted by atomic mass is 16.6. The zero-order valence-electron chi connectivity index (χ0n) is 26.3. The van der Waals surface area contributed by atoms with Crippen LogP contribution in [0.15, 0.2) is 36.4 Å². The summed E-state index contributed by atoms with van der Waals surface area (Å²) < 4.78 is 21.4. The van der Waals surface area contributed by atoms with Crippen LogP contribution in [0.25, 0.3) is 0 Å². The Bertz CT molecular complexity index is 1040. The third-order valence-corrected chi connectivity index (χ3v) is 6.89. The Hall–Kier alpha value is -2.78. The summed E-state index contributed by atoms with van der Waals surface area (Å²) in [4.78, 5) is 24.2. The van der Waals surface area contributed by atoms with Crippen LogP contribution < -0.4 is 0 Å². The molecule has 2 aromatic rings. The first-order valence-corrected chi connectivity index (χ1v) is 14.8. The number of ether oxygens (including phenoxy) is 4. The van der Waals surface area contributed by atoms with E-state index in [9.17, 15) is 19.8 Å². The van der Waals surface area contributed by atoms with Gasteiger partial charge in [0.15, 0.2) is 0 Å². The Kier molecular flexibility index (Phi) is 14.6. The van der Waals surface area contributed by atoms with E-state index in [2.05, 4.69) is 53.7 Å². The van der Waals surface area contributed by atoms with Crippen molar-refractivity contribution in [3.05, 3.63) is 69.8 Å². The number of aliphatic hydroxyl groups is 2. The minimum Gasteiger partial charge on any atom is -0.463 e. The molecule has 0 aliphatic rings. The number of aliphatic hydroxyl groups excluding tert-OH is 2. The maximum Gasteiger partial charge on any atom is 0.306 e. The number of esters is 2. The quantitative estimate of drug-likeness (QED) is 0.198. The van der Waals surface area contributed by atoms with Gasteiger partial charge in [-0.25, -0.2) is 0 Å². The molecule has 8 nitrogen and oxygen atoms in total. The van der Waals surface area contributed by atoms with E-state index in [0.29, 0.717) is 26.1 Å². The van der Waals surface area contributed by atoms with Gasteiger partial charge in [-0.3, -0.25) is 9.59 Å². The molecule has 0 bridgehead atoms. The Labute approximate surface area is 251 Å². The van der Waals surface area contributed by atoms with Gasteiger partial charge < -0.3 is 29.2 Å². The molecule has 0 aliphatic heterocycles. The summed E-state index contributed by atoms with van der Waals surface area (Å²) in [5, 5.41) is 19.2. The number of carbonyl (C=O) groups excluding carboxylic acids is 2. The van der Waals surface area contributed by atoms with E-state index < -0.39 is 0 Å². The van der Waals surface area contributed by atoms with E-state index in [4.69, 9.17) is 18.9 Å². The molecule has 2 rings (SSSR count). The molecule has 42 heavy (non-hydrogen) atoms. The lowest BCUT2D eigenvalue weighted by atomic mass is 9.82. The van der Waals surface area contributed by atoms with E-state index in [-0.39, 0.29) is 75.3 Å². The van der Waals surface area contributed by atoms with Crippen molar-refractivity contribution < 1.29 is 38.7 Å².